The number of thiophene rings is 1. The van der Waals surface area contributed by atoms with Crippen molar-refractivity contribution in [2.75, 3.05) is 10.2 Å². The van der Waals surface area contributed by atoms with E-state index in [1.165, 1.54) is 48.4 Å². The summed E-state index contributed by atoms with van der Waals surface area (Å²) in [5.41, 5.74) is 17.1. The second kappa shape index (κ2) is 12.0. The second-order valence-electron chi connectivity index (χ2n) is 16.8. The summed E-state index contributed by atoms with van der Waals surface area (Å²) in [5.74, 6) is 0. The fourth-order valence-corrected chi connectivity index (χ4v) is 10.4. The van der Waals surface area contributed by atoms with E-state index < -0.39 is 0 Å². The van der Waals surface area contributed by atoms with Crippen molar-refractivity contribution in [3.8, 4) is 22.3 Å². The summed E-state index contributed by atoms with van der Waals surface area (Å²) in [6.45, 7) is 11.6. The highest BCUT2D eigenvalue weighted by molar-refractivity contribution is 7.29. The Balaban J connectivity index is 1.28. The lowest BCUT2D eigenvalue weighted by molar-refractivity contribution is 0.590. The van der Waals surface area contributed by atoms with Gasteiger partial charge >= 0.3 is 0 Å². The van der Waals surface area contributed by atoms with E-state index in [1.54, 1.807) is 0 Å². The molecule has 0 spiro atoms. The van der Waals surface area contributed by atoms with Gasteiger partial charge < -0.3 is 14.6 Å². The molecule has 1 N–H and O–H groups in total. The fourth-order valence-electron chi connectivity index (χ4n) is 9.22. The van der Waals surface area contributed by atoms with Crippen molar-refractivity contribution in [2.45, 2.75) is 45.4 Å². The van der Waals surface area contributed by atoms with Crippen molar-refractivity contribution in [1.82, 2.24) is 0 Å². The lowest BCUT2D eigenvalue weighted by Gasteiger charge is -2.38. The van der Waals surface area contributed by atoms with E-state index >= 15 is 0 Å². The number of benzene rings is 7. The first kappa shape index (κ1) is 33.3. The quantitative estimate of drug-likeness (QED) is 0.183. The average Bonchev–Trinajstić information content (AvgIpc) is 3.77. The molecule has 9 aromatic rings. The van der Waals surface area contributed by atoms with Gasteiger partial charge in [-0.1, -0.05) is 144 Å². The number of anilines is 5. The second-order valence-corrected chi connectivity index (χ2v) is 17.9. The zero-order valence-corrected chi connectivity index (χ0v) is 33.0. The molecule has 3 nitrogen and oxygen atoms in total. The molecule has 5 heteroatoms. The molecule has 4 heterocycles. The van der Waals surface area contributed by atoms with Crippen LogP contribution in [0.15, 0.2) is 150 Å². The molecule has 56 heavy (non-hydrogen) atoms. The van der Waals surface area contributed by atoms with Crippen molar-refractivity contribution in [2.24, 2.45) is 0 Å². The predicted octanol–water partition coefficient (Wildman–Crippen LogP) is 13.3. The molecule has 269 valence electrons. The molecule has 2 aromatic heterocycles. The van der Waals surface area contributed by atoms with Gasteiger partial charge in [0.05, 0.1) is 17.1 Å². The van der Waals surface area contributed by atoms with Crippen LogP contribution in [0.3, 0.4) is 0 Å². The number of fused-ring (bicyclic) bond motifs is 9. The van der Waals surface area contributed by atoms with Crippen LogP contribution in [0.25, 0.3) is 54.3 Å². The highest BCUT2D eigenvalue weighted by atomic mass is 32.1. The third kappa shape index (κ3) is 4.83. The summed E-state index contributed by atoms with van der Waals surface area (Å²) >= 11 is 1.86. The molecule has 1 radical (unpaired) electrons. The number of nitrogens with one attached hydrogen (secondary N) is 1. The maximum atomic E-state index is 6.99. The molecule has 11 rings (SSSR count). The molecule has 0 bridgehead atoms. The van der Waals surface area contributed by atoms with Crippen LogP contribution in [0.1, 0.15) is 51.3 Å². The van der Waals surface area contributed by atoms with Gasteiger partial charge in [0.1, 0.15) is 11.2 Å². The maximum Gasteiger partial charge on any atom is 0.212 e. The van der Waals surface area contributed by atoms with E-state index in [4.69, 9.17) is 4.42 Å². The van der Waals surface area contributed by atoms with Gasteiger partial charge in [-0.05, 0) is 74.3 Å². The number of nitrogens with zero attached hydrogens (tertiary/aromatic N) is 1. The summed E-state index contributed by atoms with van der Waals surface area (Å²) in [7, 11) is 2.43. The lowest BCUT2D eigenvalue weighted by atomic mass is 9.61. The zero-order valence-electron chi connectivity index (χ0n) is 32.2. The van der Waals surface area contributed by atoms with Crippen LogP contribution in [0.4, 0.5) is 28.4 Å². The van der Waals surface area contributed by atoms with E-state index in [-0.39, 0.29) is 10.8 Å². The highest BCUT2D eigenvalue weighted by Crippen LogP contribution is 2.53. The molecule has 2 aliphatic rings. The molecule has 0 fully saturated rings. The van der Waals surface area contributed by atoms with Gasteiger partial charge in [0.15, 0.2) is 0 Å². The first-order valence-corrected chi connectivity index (χ1v) is 20.3. The van der Waals surface area contributed by atoms with E-state index in [0.717, 1.165) is 61.3 Å². The Kier molecular flexibility index (Phi) is 7.13. The first-order chi connectivity index (χ1) is 27.2. The largest absolute Gasteiger partial charge is 0.455 e. The van der Waals surface area contributed by atoms with E-state index in [0.29, 0.717) is 0 Å². The summed E-state index contributed by atoms with van der Waals surface area (Å²) in [6.07, 6.45) is 0. The van der Waals surface area contributed by atoms with Gasteiger partial charge in [0, 0.05) is 54.3 Å². The number of hydrogen-bond donors (Lipinski definition) is 1. The SMILES string of the molecule is CC(C)(C)c1ccc(N2c3cc4c(oc5ccccc54)c(-c4cccc5c4Nc4ccccc4C5(C)C)c3[B]c3sc4ccccc4c32)c(-c2ccccc2)c1. The van der Waals surface area contributed by atoms with Crippen molar-refractivity contribution in [3.05, 3.63) is 162 Å². The molecular weight excluding hydrogens is 699 g/mol. The Morgan fingerprint density at radius 2 is 1.39 bits per heavy atom. The third-order valence-corrected chi connectivity index (χ3v) is 13.2. The Morgan fingerprint density at radius 3 is 2.23 bits per heavy atom. The van der Waals surface area contributed by atoms with E-state index in [2.05, 4.69) is 198 Å². The van der Waals surface area contributed by atoms with Crippen LogP contribution in [0, 0.1) is 0 Å². The topological polar surface area (TPSA) is 28.4 Å². The van der Waals surface area contributed by atoms with Gasteiger partial charge in [0.25, 0.3) is 0 Å². The third-order valence-electron chi connectivity index (χ3n) is 12.1. The van der Waals surface area contributed by atoms with Gasteiger partial charge in [-0.3, -0.25) is 0 Å². The van der Waals surface area contributed by atoms with Crippen molar-refractivity contribution < 1.29 is 4.42 Å². The summed E-state index contributed by atoms with van der Waals surface area (Å²) in [6, 6.07) is 53.3. The first-order valence-electron chi connectivity index (χ1n) is 19.5. The summed E-state index contributed by atoms with van der Waals surface area (Å²) in [5, 5.41) is 7.41. The van der Waals surface area contributed by atoms with Gasteiger partial charge in [-0.2, -0.15) is 0 Å². The van der Waals surface area contributed by atoms with Crippen molar-refractivity contribution >= 4 is 89.3 Å². The number of para-hydroxylation sites is 3. The average molecular weight is 740 g/mol. The number of furan rings is 1. The van der Waals surface area contributed by atoms with Crippen LogP contribution >= 0.6 is 11.3 Å². The van der Waals surface area contributed by atoms with Gasteiger partial charge in [0.2, 0.25) is 7.28 Å². The lowest BCUT2D eigenvalue weighted by Crippen LogP contribution is -2.39. The monoisotopic (exact) mass is 739 g/mol. The minimum absolute atomic E-state index is 0.0171. The molecule has 0 atom stereocenters. The number of rotatable bonds is 3. The fraction of sp³-hybridized carbons (Fsp3) is 0.137. The Bertz CT molecular complexity index is 3060. The summed E-state index contributed by atoms with van der Waals surface area (Å²) in [4.78, 5) is 2.56. The standard InChI is InChI=1S/C51H40BN2OS/c1-50(2,3)31-26-27-40(35(28-31)30-16-7-6-8-17-30)54-41-29-36-32-18-9-13-24-42(32)55-48(36)44(45(41)52-49-47(54)33-19-10-14-25-43(33)56-49)34-20-15-22-38-46(34)53-39-23-12-11-21-37(39)51(38,4)5/h6-29,53H,1-5H3. The highest BCUT2D eigenvalue weighted by Gasteiger charge is 2.38. The van der Waals surface area contributed by atoms with Crippen molar-refractivity contribution in [3.63, 3.8) is 0 Å². The van der Waals surface area contributed by atoms with Crippen LogP contribution in [-0.2, 0) is 10.8 Å². The minimum atomic E-state index is -0.206. The Morgan fingerprint density at radius 1 is 0.661 bits per heavy atom. The summed E-state index contributed by atoms with van der Waals surface area (Å²) < 4.78 is 9.49. The van der Waals surface area contributed by atoms with Crippen LogP contribution in [0.2, 0.25) is 0 Å². The van der Waals surface area contributed by atoms with Gasteiger partial charge in [-0.15, -0.1) is 11.3 Å². The van der Waals surface area contributed by atoms with Crippen LogP contribution < -0.4 is 20.5 Å². The van der Waals surface area contributed by atoms with E-state index in [9.17, 15) is 0 Å². The maximum absolute atomic E-state index is 6.99. The molecule has 0 saturated heterocycles. The molecule has 0 unspecified atom stereocenters. The van der Waals surface area contributed by atoms with E-state index in [1.807, 2.05) is 11.3 Å². The number of hydrogen-bond acceptors (Lipinski definition) is 4. The normalized spacial score (nSPS) is 14.2. The molecule has 0 amide bonds. The predicted molar refractivity (Wildman–Crippen MR) is 240 cm³/mol. The Hall–Kier alpha value is -6.04. The van der Waals surface area contributed by atoms with Crippen LogP contribution in [0.5, 0.6) is 0 Å². The molecular formula is C51H40BN2OS. The smallest absolute Gasteiger partial charge is 0.212 e. The van der Waals surface area contributed by atoms with Crippen LogP contribution in [-0.4, -0.2) is 7.28 Å². The molecule has 0 aliphatic carbocycles. The zero-order chi connectivity index (χ0) is 37.9. The Labute approximate surface area is 332 Å². The van der Waals surface area contributed by atoms with Gasteiger partial charge in [-0.25, -0.2) is 0 Å². The minimum Gasteiger partial charge on any atom is -0.455 e. The molecule has 2 aliphatic heterocycles. The van der Waals surface area contributed by atoms with Crippen molar-refractivity contribution in [1.29, 1.82) is 0 Å². The molecule has 7 aromatic carbocycles. The molecule has 0 saturated carbocycles.